The van der Waals surface area contributed by atoms with E-state index >= 15 is 0 Å². The third kappa shape index (κ3) is 17.7. The van der Waals surface area contributed by atoms with Crippen LogP contribution >= 0.6 is 0 Å². The number of carbonyl (C=O) groups excluding carboxylic acids is 1. The van der Waals surface area contributed by atoms with Crippen LogP contribution in [0.1, 0.15) is 110 Å². The number of aliphatic carboxylic acids is 3. The van der Waals surface area contributed by atoms with Crippen LogP contribution in [0, 0.1) is 5.92 Å². The quantitative estimate of drug-likeness (QED) is 0.0303. The Morgan fingerprint density at radius 1 is 0.918 bits per heavy atom. The minimum Gasteiger partial charge on any atom is -0.490 e. The number of ether oxygens (including phenoxy) is 1. The number of nitrogens with one attached hydrogen (secondary N) is 1. The number of allylic oxidation sites excluding steroid dienone is 2. The molecule has 5 N–H and O–H groups in total. The van der Waals surface area contributed by atoms with Gasteiger partial charge in [0.25, 0.3) is 0 Å². The lowest BCUT2D eigenvalue weighted by Gasteiger charge is -2.29. The Kier molecular flexibility index (Phi) is 21.0. The van der Waals surface area contributed by atoms with Crippen LogP contribution in [-0.4, -0.2) is 75.3 Å². The number of carboxylic acid groups (broad SMARTS) is 3. The number of aliphatic hydroxyl groups is 1. The van der Waals surface area contributed by atoms with Gasteiger partial charge in [-0.15, -0.1) is 0 Å². The van der Waals surface area contributed by atoms with E-state index in [9.17, 15) is 39.6 Å². The molecule has 49 heavy (non-hydrogen) atoms. The van der Waals surface area contributed by atoms with Gasteiger partial charge in [-0.2, -0.15) is 0 Å². The third-order valence-electron chi connectivity index (χ3n) is 8.01. The normalized spacial score (nSPS) is 14.0. The summed E-state index contributed by atoms with van der Waals surface area (Å²) in [6, 6.07) is 5.15. The van der Waals surface area contributed by atoms with Crippen molar-refractivity contribution in [2.75, 3.05) is 13.7 Å². The molecular weight excluding hydrogens is 632 g/mol. The lowest BCUT2D eigenvalue weighted by Crippen LogP contribution is -2.55. The van der Waals surface area contributed by atoms with Crippen LogP contribution in [0.4, 0.5) is 0 Å². The maximum absolute atomic E-state index is 13.4. The number of benzene rings is 1. The molecule has 0 aliphatic rings. The molecule has 0 saturated heterocycles. The van der Waals surface area contributed by atoms with Gasteiger partial charge in [0, 0.05) is 6.42 Å². The average Bonchev–Trinajstić information content (AvgIpc) is 3.03. The van der Waals surface area contributed by atoms with Gasteiger partial charge in [-0.3, -0.25) is 9.59 Å². The standard InChI is InChI=1S/C37H56N2O10/c1-5-6-7-10-13-16-29(39-48-4)17-14-11-8-9-12-15-18-31(37(47,36(45)46)26-33(40)41)34(42)38-32(35(43)44)25-28-19-21-30(22-20-28)49-24-23-27(2)3/h15,18-23,31-32,47H,5-14,16-17,24-26H2,1-4H3,(H,38,42)(H,40,41)(H,43,44)(H,45,46)/b18-15+,39-29-/t31-,32+,37+/m1/s1. The predicted molar refractivity (Wildman–Crippen MR) is 188 cm³/mol. The zero-order valence-corrected chi connectivity index (χ0v) is 29.5. The number of carbonyl (C=O) groups is 4. The van der Waals surface area contributed by atoms with E-state index in [0.29, 0.717) is 30.8 Å². The average molecular weight is 689 g/mol. The van der Waals surface area contributed by atoms with Crippen molar-refractivity contribution in [2.45, 2.75) is 122 Å². The zero-order valence-electron chi connectivity index (χ0n) is 29.5. The fraction of sp³-hybridized carbons (Fsp3) is 0.595. The van der Waals surface area contributed by atoms with E-state index in [1.165, 1.54) is 31.8 Å². The Morgan fingerprint density at radius 3 is 2.06 bits per heavy atom. The highest BCUT2D eigenvalue weighted by Gasteiger charge is 2.49. The fourth-order valence-corrected chi connectivity index (χ4v) is 5.19. The summed E-state index contributed by atoms with van der Waals surface area (Å²) in [5.74, 6) is -7.33. The number of oxime groups is 1. The van der Waals surface area contributed by atoms with Gasteiger partial charge < -0.3 is 35.3 Å². The second-order valence-electron chi connectivity index (χ2n) is 12.5. The lowest BCUT2D eigenvalue weighted by atomic mass is 9.82. The number of hydrogen-bond donors (Lipinski definition) is 5. The van der Waals surface area contributed by atoms with Crippen molar-refractivity contribution in [3.8, 4) is 5.75 Å². The highest BCUT2D eigenvalue weighted by atomic mass is 16.6. The smallest absolute Gasteiger partial charge is 0.337 e. The van der Waals surface area contributed by atoms with Crippen LogP contribution in [0.2, 0.25) is 0 Å². The number of carboxylic acids is 3. The molecule has 0 heterocycles. The van der Waals surface area contributed by atoms with E-state index in [1.807, 2.05) is 19.9 Å². The van der Waals surface area contributed by atoms with Gasteiger partial charge >= 0.3 is 17.9 Å². The number of hydrogen-bond acceptors (Lipinski definition) is 8. The van der Waals surface area contributed by atoms with E-state index in [2.05, 4.69) is 17.4 Å². The molecule has 0 fully saturated rings. The van der Waals surface area contributed by atoms with Crippen LogP contribution in [0.5, 0.6) is 5.75 Å². The number of rotatable bonds is 27. The largest absolute Gasteiger partial charge is 0.490 e. The van der Waals surface area contributed by atoms with E-state index in [4.69, 9.17) is 9.57 Å². The first kappa shape index (κ1) is 42.8. The van der Waals surface area contributed by atoms with Crippen molar-refractivity contribution in [3.63, 3.8) is 0 Å². The van der Waals surface area contributed by atoms with Gasteiger partial charge in [-0.05, 0) is 76.1 Å². The SMILES string of the molecule is CCCCCCC/C(CCCCCC/C=C/[C@H](C(=O)N[C@@H](Cc1ccc(OCC=C(C)C)cc1)C(=O)O)[C@@](O)(CC(=O)O)C(=O)O)=N/OC. The number of unbranched alkanes of at least 4 members (excludes halogenated alkanes) is 8. The van der Waals surface area contributed by atoms with E-state index in [0.717, 1.165) is 55.9 Å². The van der Waals surface area contributed by atoms with Gasteiger partial charge in [0.15, 0.2) is 5.60 Å². The molecule has 3 atom stereocenters. The minimum absolute atomic E-state index is 0.147. The molecule has 0 unspecified atom stereocenters. The molecular formula is C37H56N2O10. The summed E-state index contributed by atoms with van der Waals surface area (Å²) >= 11 is 0. The summed E-state index contributed by atoms with van der Waals surface area (Å²) in [6.45, 7) is 6.45. The maximum Gasteiger partial charge on any atom is 0.337 e. The molecule has 12 nitrogen and oxygen atoms in total. The predicted octanol–water partition coefficient (Wildman–Crippen LogP) is 6.31. The summed E-state index contributed by atoms with van der Waals surface area (Å²) in [4.78, 5) is 54.1. The Labute approximate surface area is 290 Å². The van der Waals surface area contributed by atoms with Crippen molar-refractivity contribution < 1.29 is 49.2 Å². The highest BCUT2D eigenvalue weighted by molar-refractivity contribution is 5.94. The first-order chi connectivity index (χ1) is 23.3. The van der Waals surface area contributed by atoms with Crippen LogP contribution in [-0.2, 0) is 30.4 Å². The molecule has 0 radical (unpaired) electrons. The van der Waals surface area contributed by atoms with Crippen molar-refractivity contribution in [1.29, 1.82) is 0 Å². The van der Waals surface area contributed by atoms with Gasteiger partial charge in [0.2, 0.25) is 5.91 Å². The molecule has 0 aliphatic carbocycles. The molecule has 0 bridgehead atoms. The Morgan fingerprint density at radius 2 is 1.53 bits per heavy atom. The van der Waals surface area contributed by atoms with Crippen LogP contribution in [0.25, 0.3) is 0 Å². The second-order valence-corrected chi connectivity index (χ2v) is 12.5. The summed E-state index contributed by atoms with van der Waals surface area (Å²) in [5, 5.41) is 46.4. The second kappa shape index (κ2) is 24.0. The molecule has 0 saturated carbocycles. The molecule has 274 valence electrons. The molecule has 1 rings (SSSR count). The monoisotopic (exact) mass is 688 g/mol. The molecule has 0 aromatic heterocycles. The van der Waals surface area contributed by atoms with Crippen molar-refractivity contribution in [2.24, 2.45) is 11.1 Å². The molecule has 1 amide bonds. The Hall–Kier alpha value is -4.19. The van der Waals surface area contributed by atoms with Crippen LogP contribution in [0.3, 0.4) is 0 Å². The van der Waals surface area contributed by atoms with Gasteiger partial charge in [-0.25, -0.2) is 9.59 Å². The highest BCUT2D eigenvalue weighted by Crippen LogP contribution is 2.26. The van der Waals surface area contributed by atoms with Crippen LogP contribution in [0.15, 0.2) is 53.2 Å². The van der Waals surface area contributed by atoms with Gasteiger partial charge in [-0.1, -0.05) is 80.5 Å². The topological polar surface area (TPSA) is 192 Å². The van der Waals surface area contributed by atoms with E-state index in [1.54, 1.807) is 31.4 Å². The molecule has 12 heteroatoms. The third-order valence-corrected chi connectivity index (χ3v) is 8.01. The lowest BCUT2D eigenvalue weighted by molar-refractivity contribution is -0.172. The maximum atomic E-state index is 13.4. The Bertz CT molecular complexity index is 1250. The fourth-order valence-electron chi connectivity index (χ4n) is 5.19. The molecule has 1 aromatic rings. The number of amides is 1. The molecule has 0 spiro atoms. The minimum atomic E-state index is -3.01. The first-order valence-corrected chi connectivity index (χ1v) is 17.1. The summed E-state index contributed by atoms with van der Waals surface area (Å²) < 4.78 is 5.62. The Balaban J connectivity index is 2.87. The summed E-state index contributed by atoms with van der Waals surface area (Å²) in [6.07, 6.45) is 14.6. The first-order valence-electron chi connectivity index (χ1n) is 17.1. The van der Waals surface area contributed by atoms with Crippen molar-refractivity contribution >= 4 is 29.5 Å². The van der Waals surface area contributed by atoms with E-state index in [-0.39, 0.29) is 6.42 Å². The van der Waals surface area contributed by atoms with Crippen molar-refractivity contribution in [3.05, 3.63) is 53.6 Å². The van der Waals surface area contributed by atoms with Gasteiger partial charge in [0.1, 0.15) is 25.5 Å². The zero-order chi connectivity index (χ0) is 36.7. The van der Waals surface area contributed by atoms with Crippen molar-refractivity contribution in [1.82, 2.24) is 5.32 Å². The molecule has 1 aromatic carbocycles. The van der Waals surface area contributed by atoms with Crippen LogP contribution < -0.4 is 10.1 Å². The number of nitrogens with zero attached hydrogens (tertiary/aromatic N) is 1. The van der Waals surface area contributed by atoms with Gasteiger partial charge in [0.05, 0.1) is 18.1 Å². The molecule has 0 aliphatic heterocycles. The summed E-state index contributed by atoms with van der Waals surface area (Å²) in [7, 11) is 1.54. The summed E-state index contributed by atoms with van der Waals surface area (Å²) in [5.41, 5.74) is -0.311. The van der Waals surface area contributed by atoms with E-state index < -0.39 is 47.8 Å².